The summed E-state index contributed by atoms with van der Waals surface area (Å²) in [5, 5.41) is 3.51. The second-order valence-corrected chi connectivity index (χ2v) is 4.96. The summed E-state index contributed by atoms with van der Waals surface area (Å²) in [4.78, 5) is 6.71. The van der Waals surface area contributed by atoms with Crippen molar-refractivity contribution in [1.29, 1.82) is 0 Å². The number of anilines is 1. The van der Waals surface area contributed by atoms with Gasteiger partial charge in [0, 0.05) is 19.3 Å². The minimum atomic E-state index is 0.884. The fourth-order valence-electron chi connectivity index (χ4n) is 3.03. The van der Waals surface area contributed by atoms with Crippen molar-refractivity contribution in [2.75, 3.05) is 31.1 Å². The van der Waals surface area contributed by atoms with E-state index in [1.807, 2.05) is 18.5 Å². The lowest BCUT2D eigenvalue weighted by molar-refractivity contribution is 0.218. The van der Waals surface area contributed by atoms with E-state index in [1.165, 1.54) is 44.7 Å². The fourth-order valence-corrected chi connectivity index (χ4v) is 3.03. The van der Waals surface area contributed by atoms with Gasteiger partial charge in [0.05, 0.1) is 11.9 Å². The smallest absolute Gasteiger partial charge is 0.0552 e. The number of piperidine rings is 2. The van der Waals surface area contributed by atoms with Gasteiger partial charge in [0.25, 0.3) is 0 Å². The Hall–Kier alpha value is -1.09. The second-order valence-electron chi connectivity index (χ2n) is 4.96. The highest BCUT2D eigenvalue weighted by molar-refractivity contribution is 5.44. The van der Waals surface area contributed by atoms with Gasteiger partial charge in [0.1, 0.15) is 0 Å². The molecule has 1 aromatic rings. The number of nitrogens with zero attached hydrogens (tertiary/aromatic N) is 2. The standard InChI is InChI=1S/C13H19N3/c1-2-13(9-14-5-1)16-7-4-11-8-15-6-3-12(11)10-16/h1-2,5,9,11-12,15H,3-4,6-8,10H2. The van der Waals surface area contributed by atoms with Crippen LogP contribution in [0.4, 0.5) is 5.69 Å². The summed E-state index contributed by atoms with van der Waals surface area (Å²) in [6.07, 6.45) is 6.50. The number of hydrogen-bond donors (Lipinski definition) is 1. The van der Waals surface area contributed by atoms with Gasteiger partial charge < -0.3 is 10.2 Å². The van der Waals surface area contributed by atoms with Crippen molar-refractivity contribution in [2.24, 2.45) is 11.8 Å². The number of aromatic nitrogens is 1. The lowest BCUT2D eigenvalue weighted by Crippen LogP contribution is -2.48. The summed E-state index contributed by atoms with van der Waals surface area (Å²) in [7, 11) is 0. The van der Waals surface area contributed by atoms with E-state index in [2.05, 4.69) is 21.3 Å². The highest BCUT2D eigenvalue weighted by atomic mass is 15.1. The number of pyridine rings is 1. The summed E-state index contributed by atoms with van der Waals surface area (Å²) in [6, 6.07) is 4.21. The molecule has 0 aromatic carbocycles. The van der Waals surface area contributed by atoms with E-state index in [4.69, 9.17) is 0 Å². The lowest BCUT2D eigenvalue weighted by atomic mass is 9.81. The van der Waals surface area contributed by atoms with E-state index >= 15 is 0 Å². The minimum Gasteiger partial charge on any atom is -0.370 e. The van der Waals surface area contributed by atoms with Gasteiger partial charge in [-0.3, -0.25) is 4.98 Å². The topological polar surface area (TPSA) is 28.2 Å². The first-order chi connectivity index (χ1) is 7.93. The molecular formula is C13H19N3. The third kappa shape index (κ3) is 1.92. The van der Waals surface area contributed by atoms with E-state index in [9.17, 15) is 0 Å². The second kappa shape index (κ2) is 4.42. The number of rotatable bonds is 1. The molecule has 3 heteroatoms. The molecular weight excluding hydrogens is 198 g/mol. The summed E-state index contributed by atoms with van der Waals surface area (Å²) in [6.45, 7) is 4.83. The molecule has 3 rings (SSSR count). The largest absolute Gasteiger partial charge is 0.370 e. The van der Waals surface area contributed by atoms with Gasteiger partial charge in [-0.1, -0.05) is 0 Å². The highest BCUT2D eigenvalue weighted by Crippen LogP contribution is 2.30. The molecule has 16 heavy (non-hydrogen) atoms. The third-order valence-corrected chi connectivity index (χ3v) is 4.00. The number of hydrogen-bond acceptors (Lipinski definition) is 3. The van der Waals surface area contributed by atoms with E-state index in [0.29, 0.717) is 0 Å². The van der Waals surface area contributed by atoms with Crippen LogP contribution in [0.15, 0.2) is 24.5 Å². The fraction of sp³-hybridized carbons (Fsp3) is 0.615. The molecule has 3 nitrogen and oxygen atoms in total. The van der Waals surface area contributed by atoms with E-state index in [-0.39, 0.29) is 0 Å². The predicted octanol–water partition coefficient (Wildman–Crippen LogP) is 1.52. The minimum absolute atomic E-state index is 0.884. The molecule has 2 saturated heterocycles. The Balaban J connectivity index is 1.71. The molecule has 2 fully saturated rings. The zero-order valence-electron chi connectivity index (χ0n) is 9.60. The van der Waals surface area contributed by atoms with E-state index < -0.39 is 0 Å². The summed E-state index contributed by atoms with van der Waals surface area (Å²) < 4.78 is 0. The quantitative estimate of drug-likeness (QED) is 0.773. The number of nitrogens with one attached hydrogen (secondary N) is 1. The normalized spacial score (nSPS) is 29.9. The van der Waals surface area contributed by atoms with Crippen LogP contribution in [0.25, 0.3) is 0 Å². The molecule has 0 saturated carbocycles. The van der Waals surface area contributed by atoms with Crippen LogP contribution in [-0.2, 0) is 0 Å². The van der Waals surface area contributed by atoms with E-state index in [0.717, 1.165) is 11.8 Å². The van der Waals surface area contributed by atoms with Crippen molar-refractivity contribution in [3.63, 3.8) is 0 Å². The van der Waals surface area contributed by atoms with Crippen LogP contribution >= 0.6 is 0 Å². The van der Waals surface area contributed by atoms with Gasteiger partial charge in [0.2, 0.25) is 0 Å². The zero-order chi connectivity index (χ0) is 10.8. The van der Waals surface area contributed by atoms with Crippen LogP contribution < -0.4 is 10.2 Å². The molecule has 2 aliphatic rings. The van der Waals surface area contributed by atoms with Gasteiger partial charge in [-0.2, -0.15) is 0 Å². The number of fused-ring (bicyclic) bond motifs is 1. The molecule has 0 aliphatic carbocycles. The molecule has 0 spiro atoms. The third-order valence-electron chi connectivity index (χ3n) is 4.00. The van der Waals surface area contributed by atoms with E-state index in [1.54, 1.807) is 0 Å². The molecule has 2 unspecified atom stereocenters. The Kier molecular flexibility index (Phi) is 2.79. The van der Waals surface area contributed by atoms with Crippen LogP contribution in [-0.4, -0.2) is 31.2 Å². The summed E-state index contributed by atoms with van der Waals surface area (Å²) in [5.41, 5.74) is 1.29. The summed E-state index contributed by atoms with van der Waals surface area (Å²) in [5.74, 6) is 1.79. The van der Waals surface area contributed by atoms with Crippen molar-refractivity contribution < 1.29 is 0 Å². The monoisotopic (exact) mass is 217 g/mol. The van der Waals surface area contributed by atoms with Crippen LogP contribution in [0, 0.1) is 11.8 Å². The van der Waals surface area contributed by atoms with Crippen LogP contribution in [0.1, 0.15) is 12.8 Å². The Labute approximate surface area is 96.9 Å². The molecule has 0 bridgehead atoms. The highest BCUT2D eigenvalue weighted by Gasteiger charge is 2.30. The molecule has 0 radical (unpaired) electrons. The van der Waals surface area contributed by atoms with Gasteiger partial charge in [-0.05, 0) is 49.9 Å². The lowest BCUT2D eigenvalue weighted by Gasteiger charge is -2.42. The summed E-state index contributed by atoms with van der Waals surface area (Å²) >= 11 is 0. The van der Waals surface area contributed by atoms with Gasteiger partial charge in [-0.25, -0.2) is 0 Å². The average Bonchev–Trinajstić information content (AvgIpc) is 2.39. The van der Waals surface area contributed by atoms with Gasteiger partial charge >= 0.3 is 0 Å². The predicted molar refractivity (Wildman–Crippen MR) is 65.5 cm³/mol. The van der Waals surface area contributed by atoms with Crippen LogP contribution in [0.5, 0.6) is 0 Å². The Morgan fingerprint density at radius 1 is 1.31 bits per heavy atom. The van der Waals surface area contributed by atoms with Crippen molar-refractivity contribution in [2.45, 2.75) is 12.8 Å². The maximum absolute atomic E-state index is 4.21. The maximum Gasteiger partial charge on any atom is 0.0552 e. The maximum atomic E-state index is 4.21. The Bertz CT molecular complexity index is 338. The zero-order valence-corrected chi connectivity index (χ0v) is 9.60. The Morgan fingerprint density at radius 3 is 3.19 bits per heavy atom. The molecule has 3 heterocycles. The average molecular weight is 217 g/mol. The molecule has 0 amide bonds. The van der Waals surface area contributed by atoms with Crippen molar-refractivity contribution in [3.8, 4) is 0 Å². The van der Waals surface area contributed by atoms with Gasteiger partial charge in [-0.15, -0.1) is 0 Å². The molecule has 86 valence electrons. The first kappa shape index (κ1) is 10.1. The molecule has 1 N–H and O–H groups in total. The van der Waals surface area contributed by atoms with Crippen molar-refractivity contribution >= 4 is 5.69 Å². The van der Waals surface area contributed by atoms with Crippen LogP contribution in [0.3, 0.4) is 0 Å². The van der Waals surface area contributed by atoms with Crippen molar-refractivity contribution in [3.05, 3.63) is 24.5 Å². The van der Waals surface area contributed by atoms with Crippen molar-refractivity contribution in [1.82, 2.24) is 10.3 Å². The SMILES string of the molecule is c1cncc(N2CCC3CNCCC3C2)c1. The molecule has 1 aromatic heterocycles. The van der Waals surface area contributed by atoms with Crippen LogP contribution in [0.2, 0.25) is 0 Å². The molecule has 2 aliphatic heterocycles. The first-order valence-electron chi connectivity index (χ1n) is 6.29. The Morgan fingerprint density at radius 2 is 2.31 bits per heavy atom. The van der Waals surface area contributed by atoms with Gasteiger partial charge in [0.15, 0.2) is 0 Å². The molecule has 2 atom stereocenters. The first-order valence-corrected chi connectivity index (χ1v) is 6.29.